The van der Waals surface area contributed by atoms with Gasteiger partial charge in [0.15, 0.2) is 0 Å². The number of rotatable bonds is 0. The minimum absolute atomic E-state index is 1.08. The molecule has 0 saturated carbocycles. The summed E-state index contributed by atoms with van der Waals surface area (Å²) < 4.78 is 0. The Morgan fingerprint density at radius 3 is 2.31 bits per heavy atom. The first-order valence-electron chi connectivity index (χ1n) is 4.36. The fraction of sp³-hybridized carbons (Fsp3) is 0.0769. The van der Waals surface area contributed by atoms with Gasteiger partial charge in [-0.25, -0.2) is 0 Å². The molecule has 0 fully saturated rings. The maximum absolute atomic E-state index is 4.02. The highest BCUT2D eigenvalue weighted by atomic mass is 14.0. The molecule has 0 saturated heterocycles. The van der Waals surface area contributed by atoms with Crippen molar-refractivity contribution in [2.24, 2.45) is 0 Å². The third-order valence-corrected chi connectivity index (χ3v) is 2.43. The average Bonchev–Trinajstić information content (AvgIpc) is 2.12. The smallest absolute Gasteiger partial charge is 0.00823 e. The Labute approximate surface area is 77.8 Å². The van der Waals surface area contributed by atoms with E-state index in [1.165, 1.54) is 16.3 Å². The zero-order valence-electron chi connectivity index (χ0n) is 7.80. The lowest BCUT2D eigenvalue weighted by Gasteiger charge is -2.02. The number of fused-ring (bicyclic) bond motifs is 1. The molecule has 64 valence electrons. The van der Waals surface area contributed by atoms with Crippen LogP contribution in [0.1, 0.15) is 5.56 Å². The van der Waals surface area contributed by atoms with Crippen molar-refractivity contribution >= 4 is 23.9 Å². The lowest BCUT2D eigenvalue weighted by molar-refractivity contribution is 1.50. The van der Waals surface area contributed by atoms with Gasteiger partial charge in [0, 0.05) is 0 Å². The van der Waals surface area contributed by atoms with Crippen LogP contribution < -0.4 is 10.4 Å². The molecule has 13 heavy (non-hydrogen) atoms. The maximum atomic E-state index is 4.02. The van der Waals surface area contributed by atoms with Crippen LogP contribution in [-0.4, -0.2) is 0 Å². The van der Waals surface area contributed by atoms with Crippen molar-refractivity contribution in [2.75, 3.05) is 0 Å². The van der Waals surface area contributed by atoms with Crippen molar-refractivity contribution in [1.29, 1.82) is 0 Å². The van der Waals surface area contributed by atoms with Crippen LogP contribution in [0.5, 0.6) is 0 Å². The van der Waals surface area contributed by atoms with Crippen molar-refractivity contribution in [3.63, 3.8) is 0 Å². The molecule has 0 N–H and O–H groups in total. The van der Waals surface area contributed by atoms with Gasteiger partial charge in [0.1, 0.15) is 0 Å². The Hall–Kier alpha value is -1.56. The molecule has 0 bridgehead atoms. The molecule has 0 unspecified atom stereocenters. The van der Waals surface area contributed by atoms with E-state index in [0.29, 0.717) is 0 Å². The molecule has 2 aromatic carbocycles. The van der Waals surface area contributed by atoms with E-state index in [1.54, 1.807) is 0 Å². The SMILES string of the molecule is C=c1ccc(=C)c2c(C)cccc12. The van der Waals surface area contributed by atoms with Crippen molar-refractivity contribution in [2.45, 2.75) is 6.92 Å². The number of aryl methyl sites for hydroxylation is 1. The van der Waals surface area contributed by atoms with E-state index in [9.17, 15) is 0 Å². The number of hydrogen-bond donors (Lipinski definition) is 0. The minimum Gasteiger partial charge on any atom is -0.0911 e. The number of hydrogen-bond acceptors (Lipinski definition) is 0. The Morgan fingerprint density at radius 2 is 1.62 bits per heavy atom. The average molecular weight is 168 g/mol. The largest absolute Gasteiger partial charge is 0.0911 e. The summed E-state index contributed by atoms with van der Waals surface area (Å²) in [4.78, 5) is 0. The summed E-state index contributed by atoms with van der Waals surface area (Å²) >= 11 is 0. The molecule has 2 aromatic rings. The second-order valence-electron chi connectivity index (χ2n) is 3.38. The summed E-state index contributed by atoms with van der Waals surface area (Å²) in [6.07, 6.45) is 0. The monoisotopic (exact) mass is 168 g/mol. The first-order chi connectivity index (χ1) is 6.20. The first-order valence-corrected chi connectivity index (χ1v) is 4.36. The quantitative estimate of drug-likeness (QED) is 0.564. The Morgan fingerprint density at radius 1 is 0.923 bits per heavy atom. The second-order valence-corrected chi connectivity index (χ2v) is 3.38. The topological polar surface area (TPSA) is 0 Å². The Bertz CT molecular complexity index is 550. The molecule has 0 aliphatic heterocycles. The van der Waals surface area contributed by atoms with Crippen LogP contribution in [0.25, 0.3) is 23.9 Å². The minimum atomic E-state index is 1.08. The zero-order valence-corrected chi connectivity index (χ0v) is 7.80. The van der Waals surface area contributed by atoms with Crippen LogP contribution in [0.4, 0.5) is 0 Å². The number of benzene rings is 2. The van der Waals surface area contributed by atoms with Crippen molar-refractivity contribution in [1.82, 2.24) is 0 Å². The molecule has 0 amide bonds. The van der Waals surface area contributed by atoms with Gasteiger partial charge in [0.2, 0.25) is 0 Å². The third-order valence-electron chi connectivity index (χ3n) is 2.43. The standard InChI is InChI=1S/C13H12/c1-9-7-8-11(3)13-10(2)5-4-6-12(9)13/h4-8H,1,3H2,2H3. The molecule has 0 atom stereocenters. The fourth-order valence-electron chi connectivity index (χ4n) is 1.74. The van der Waals surface area contributed by atoms with Gasteiger partial charge >= 0.3 is 0 Å². The molecule has 0 nitrogen and oxygen atoms in total. The molecule has 0 spiro atoms. The van der Waals surface area contributed by atoms with E-state index in [1.807, 2.05) is 12.1 Å². The molecule has 0 aromatic heterocycles. The van der Waals surface area contributed by atoms with Crippen LogP contribution in [0, 0.1) is 6.92 Å². The normalized spacial score (nSPS) is 10.5. The Kier molecular flexibility index (Phi) is 1.70. The van der Waals surface area contributed by atoms with Crippen LogP contribution in [-0.2, 0) is 0 Å². The van der Waals surface area contributed by atoms with Crippen molar-refractivity contribution in [3.05, 3.63) is 46.3 Å². The Balaban J connectivity index is 3.19. The molecule has 0 heteroatoms. The van der Waals surface area contributed by atoms with Gasteiger partial charge in [-0.3, -0.25) is 0 Å². The summed E-state index contributed by atoms with van der Waals surface area (Å²) in [5.74, 6) is 0. The molecule has 2 rings (SSSR count). The highest BCUT2D eigenvalue weighted by Gasteiger charge is 1.96. The maximum Gasteiger partial charge on any atom is -0.00823 e. The van der Waals surface area contributed by atoms with Gasteiger partial charge in [-0.15, -0.1) is 0 Å². The molecular weight excluding hydrogens is 156 g/mol. The summed E-state index contributed by atoms with van der Waals surface area (Å²) in [7, 11) is 0. The summed E-state index contributed by atoms with van der Waals surface area (Å²) in [6, 6.07) is 10.3. The van der Waals surface area contributed by atoms with E-state index in [2.05, 4.69) is 38.3 Å². The van der Waals surface area contributed by atoms with Crippen LogP contribution in [0.15, 0.2) is 30.3 Å². The van der Waals surface area contributed by atoms with Gasteiger partial charge in [0.25, 0.3) is 0 Å². The summed E-state index contributed by atoms with van der Waals surface area (Å²) in [5, 5.41) is 4.62. The summed E-state index contributed by atoms with van der Waals surface area (Å²) in [5.41, 5.74) is 1.27. The van der Waals surface area contributed by atoms with Crippen LogP contribution in [0.3, 0.4) is 0 Å². The van der Waals surface area contributed by atoms with Gasteiger partial charge in [0.05, 0.1) is 0 Å². The predicted molar refractivity (Wildman–Crippen MR) is 59.0 cm³/mol. The molecule has 0 heterocycles. The first kappa shape index (κ1) is 8.06. The summed E-state index contributed by atoms with van der Waals surface area (Å²) in [6.45, 7) is 10.1. The molecular formula is C13H12. The highest BCUT2D eigenvalue weighted by molar-refractivity contribution is 5.86. The van der Waals surface area contributed by atoms with Crippen molar-refractivity contribution < 1.29 is 0 Å². The lowest BCUT2D eigenvalue weighted by Crippen LogP contribution is -2.09. The zero-order chi connectivity index (χ0) is 9.42. The lowest BCUT2D eigenvalue weighted by atomic mass is 10.0. The molecule has 0 radical (unpaired) electrons. The van der Waals surface area contributed by atoms with Gasteiger partial charge in [-0.05, 0) is 33.7 Å². The van der Waals surface area contributed by atoms with Crippen LogP contribution in [0.2, 0.25) is 0 Å². The predicted octanol–water partition coefficient (Wildman–Crippen LogP) is 1.97. The molecule has 0 aliphatic rings. The second kappa shape index (κ2) is 2.74. The van der Waals surface area contributed by atoms with Crippen molar-refractivity contribution in [3.8, 4) is 0 Å². The van der Waals surface area contributed by atoms with E-state index in [0.717, 1.165) is 10.4 Å². The van der Waals surface area contributed by atoms with E-state index < -0.39 is 0 Å². The molecule has 0 aliphatic carbocycles. The highest BCUT2D eigenvalue weighted by Crippen LogP contribution is 2.09. The van der Waals surface area contributed by atoms with Gasteiger partial charge in [-0.2, -0.15) is 0 Å². The van der Waals surface area contributed by atoms with E-state index in [-0.39, 0.29) is 0 Å². The third kappa shape index (κ3) is 1.15. The van der Waals surface area contributed by atoms with E-state index >= 15 is 0 Å². The van der Waals surface area contributed by atoms with Gasteiger partial charge in [-0.1, -0.05) is 43.5 Å². The van der Waals surface area contributed by atoms with Crippen LogP contribution >= 0.6 is 0 Å². The van der Waals surface area contributed by atoms with E-state index in [4.69, 9.17) is 0 Å². The van der Waals surface area contributed by atoms with Gasteiger partial charge < -0.3 is 0 Å². The fourth-order valence-corrected chi connectivity index (χ4v) is 1.74.